The first-order valence-electron chi connectivity index (χ1n) is 7.70. The predicted molar refractivity (Wildman–Crippen MR) is 95.3 cm³/mol. The summed E-state index contributed by atoms with van der Waals surface area (Å²) in [5.41, 5.74) is 1.10. The normalized spacial score (nSPS) is 11.3. The summed E-state index contributed by atoms with van der Waals surface area (Å²) in [6, 6.07) is 7.63. The van der Waals surface area contributed by atoms with Crippen molar-refractivity contribution in [3.63, 3.8) is 0 Å². The topological polar surface area (TPSA) is 110 Å². The summed E-state index contributed by atoms with van der Waals surface area (Å²) in [5.74, 6) is 0.541. The molecule has 0 unspecified atom stereocenters. The van der Waals surface area contributed by atoms with Crippen LogP contribution in [-0.2, 0) is 21.2 Å². The Morgan fingerprint density at radius 2 is 1.96 bits per heavy atom. The van der Waals surface area contributed by atoms with E-state index in [4.69, 9.17) is 4.74 Å². The highest BCUT2D eigenvalue weighted by Gasteiger charge is 2.20. The van der Waals surface area contributed by atoms with Crippen molar-refractivity contribution in [3.05, 3.63) is 29.8 Å². The number of aromatic nitrogens is 2. The lowest BCUT2D eigenvalue weighted by Gasteiger charge is -2.05. The molecule has 2 rings (SSSR count). The van der Waals surface area contributed by atoms with Gasteiger partial charge in [0.1, 0.15) is 5.75 Å². The van der Waals surface area contributed by atoms with Crippen LogP contribution in [0.25, 0.3) is 0 Å². The van der Waals surface area contributed by atoms with E-state index < -0.39 is 10.0 Å². The maximum Gasteiger partial charge on any atom is 0.269 e. The monoisotopic (exact) mass is 384 g/mol. The average Bonchev–Trinajstić information content (AvgIpc) is 3.08. The van der Waals surface area contributed by atoms with E-state index in [9.17, 15) is 13.2 Å². The van der Waals surface area contributed by atoms with Crippen LogP contribution in [0.4, 0.5) is 5.13 Å². The second kappa shape index (κ2) is 8.88. The molecule has 10 heteroatoms. The van der Waals surface area contributed by atoms with Gasteiger partial charge in [-0.15, -0.1) is 10.2 Å². The molecule has 1 heterocycles. The second-order valence-electron chi connectivity index (χ2n) is 5.12. The van der Waals surface area contributed by atoms with E-state index in [1.165, 1.54) is 0 Å². The number of carbonyl (C=O) groups excluding carboxylic acids is 1. The molecule has 0 bridgehead atoms. The third-order valence-corrected chi connectivity index (χ3v) is 5.96. The molecule has 136 valence electrons. The number of anilines is 1. The molecule has 25 heavy (non-hydrogen) atoms. The Balaban J connectivity index is 1.83. The van der Waals surface area contributed by atoms with Crippen LogP contribution in [0.5, 0.6) is 5.75 Å². The number of hydrogen-bond acceptors (Lipinski definition) is 7. The Bertz CT molecular complexity index is 803. The van der Waals surface area contributed by atoms with Crippen molar-refractivity contribution in [1.82, 2.24) is 14.9 Å². The van der Waals surface area contributed by atoms with Gasteiger partial charge in [0.25, 0.3) is 10.0 Å². The van der Waals surface area contributed by atoms with Crippen molar-refractivity contribution in [2.45, 2.75) is 30.5 Å². The largest absolute Gasteiger partial charge is 0.497 e. The van der Waals surface area contributed by atoms with E-state index >= 15 is 0 Å². The Kier molecular flexibility index (Phi) is 6.85. The van der Waals surface area contributed by atoms with Crippen LogP contribution in [0.1, 0.15) is 25.3 Å². The molecule has 0 fully saturated rings. The van der Waals surface area contributed by atoms with Crippen LogP contribution in [-0.4, -0.2) is 38.2 Å². The van der Waals surface area contributed by atoms with Crippen LogP contribution in [0.15, 0.2) is 28.6 Å². The van der Waals surface area contributed by atoms with Gasteiger partial charge in [0.2, 0.25) is 15.4 Å². The van der Waals surface area contributed by atoms with E-state index in [1.54, 1.807) is 14.0 Å². The summed E-state index contributed by atoms with van der Waals surface area (Å²) in [7, 11) is -2.12. The predicted octanol–water partition coefficient (Wildman–Crippen LogP) is 1.81. The minimum atomic E-state index is -3.72. The number of rotatable bonds is 9. The molecule has 0 radical (unpaired) electrons. The summed E-state index contributed by atoms with van der Waals surface area (Å²) < 4.78 is 31.7. The van der Waals surface area contributed by atoms with Gasteiger partial charge in [-0.05, 0) is 30.5 Å². The number of carbonyl (C=O) groups is 1. The smallest absolute Gasteiger partial charge is 0.269 e. The van der Waals surface area contributed by atoms with Crippen LogP contribution >= 0.6 is 11.3 Å². The zero-order valence-corrected chi connectivity index (χ0v) is 15.6. The standard InChI is InChI=1S/C15H20N4O4S2/c1-3-13(20)17-14-18-19-15(24-14)25(21,22)16-10-4-5-11-6-8-12(23-2)9-7-11/h6-9,16H,3-5,10H2,1-2H3,(H,17,18,20). The number of methoxy groups -OCH3 is 1. The molecule has 1 aromatic heterocycles. The van der Waals surface area contributed by atoms with Crippen molar-refractivity contribution in [2.24, 2.45) is 0 Å². The maximum atomic E-state index is 12.2. The highest BCUT2D eigenvalue weighted by molar-refractivity contribution is 7.91. The lowest BCUT2D eigenvalue weighted by Crippen LogP contribution is -2.25. The van der Waals surface area contributed by atoms with Gasteiger partial charge in [0, 0.05) is 13.0 Å². The third-order valence-electron chi connectivity index (χ3n) is 3.30. The number of hydrogen-bond donors (Lipinski definition) is 2. The Labute approximate surface area is 150 Å². The number of amides is 1. The number of nitrogens with zero attached hydrogens (tertiary/aromatic N) is 2. The molecule has 2 N–H and O–H groups in total. The number of benzene rings is 1. The molecule has 1 amide bonds. The van der Waals surface area contributed by atoms with Crippen molar-refractivity contribution in [2.75, 3.05) is 19.0 Å². The van der Waals surface area contributed by atoms with E-state index in [2.05, 4.69) is 20.2 Å². The van der Waals surface area contributed by atoms with Gasteiger partial charge < -0.3 is 10.1 Å². The molecule has 1 aromatic carbocycles. The molecular formula is C15H20N4O4S2. The van der Waals surface area contributed by atoms with Crippen LogP contribution < -0.4 is 14.8 Å². The molecule has 0 aliphatic heterocycles. The van der Waals surface area contributed by atoms with Gasteiger partial charge in [-0.25, -0.2) is 13.1 Å². The molecule has 0 aliphatic rings. The van der Waals surface area contributed by atoms with Gasteiger partial charge in [0.15, 0.2) is 0 Å². The summed E-state index contributed by atoms with van der Waals surface area (Å²) in [6.07, 6.45) is 1.66. The fourth-order valence-electron chi connectivity index (χ4n) is 1.93. The molecule has 0 spiro atoms. The quantitative estimate of drug-likeness (QED) is 0.504. The zero-order valence-electron chi connectivity index (χ0n) is 14.0. The molecule has 0 saturated heterocycles. The first kappa shape index (κ1) is 19.3. The number of nitrogens with one attached hydrogen (secondary N) is 2. The molecule has 0 atom stereocenters. The first-order chi connectivity index (χ1) is 11.9. The van der Waals surface area contributed by atoms with Gasteiger partial charge in [0.05, 0.1) is 7.11 Å². The molecule has 8 nitrogen and oxygen atoms in total. The lowest BCUT2D eigenvalue weighted by atomic mass is 10.1. The molecule has 0 aliphatic carbocycles. The van der Waals surface area contributed by atoms with Crippen LogP contribution in [0.3, 0.4) is 0 Å². The van der Waals surface area contributed by atoms with E-state index in [-0.39, 0.29) is 28.3 Å². The van der Waals surface area contributed by atoms with Gasteiger partial charge in [-0.3, -0.25) is 4.79 Å². The number of aryl methyl sites for hydroxylation is 1. The highest BCUT2D eigenvalue weighted by Crippen LogP contribution is 2.20. The molecular weight excluding hydrogens is 364 g/mol. The SMILES string of the molecule is CCC(=O)Nc1nnc(S(=O)(=O)NCCCc2ccc(OC)cc2)s1. The third kappa shape index (κ3) is 5.76. The van der Waals surface area contributed by atoms with Gasteiger partial charge >= 0.3 is 0 Å². The minimum absolute atomic E-state index is 0.164. The Morgan fingerprint density at radius 3 is 2.60 bits per heavy atom. The molecule has 0 saturated carbocycles. The van der Waals surface area contributed by atoms with Crippen molar-refractivity contribution >= 4 is 32.4 Å². The zero-order chi connectivity index (χ0) is 18.3. The van der Waals surface area contributed by atoms with Crippen molar-refractivity contribution in [3.8, 4) is 5.75 Å². The summed E-state index contributed by atoms with van der Waals surface area (Å²) in [6.45, 7) is 1.98. The van der Waals surface area contributed by atoms with E-state index in [1.807, 2.05) is 24.3 Å². The second-order valence-corrected chi connectivity index (χ2v) is 8.04. The lowest BCUT2D eigenvalue weighted by molar-refractivity contribution is -0.115. The first-order valence-corrected chi connectivity index (χ1v) is 10.0. The van der Waals surface area contributed by atoms with E-state index in [0.29, 0.717) is 6.42 Å². The Morgan fingerprint density at radius 1 is 1.24 bits per heavy atom. The summed E-state index contributed by atoms with van der Waals surface area (Å²) >= 11 is 0.824. The fourth-order valence-corrected chi connectivity index (χ4v) is 3.96. The highest BCUT2D eigenvalue weighted by atomic mass is 32.2. The van der Waals surface area contributed by atoms with Gasteiger partial charge in [-0.2, -0.15) is 0 Å². The maximum absolute atomic E-state index is 12.2. The Hall–Kier alpha value is -2.04. The number of ether oxygens (including phenoxy) is 1. The summed E-state index contributed by atoms with van der Waals surface area (Å²) in [4.78, 5) is 11.3. The summed E-state index contributed by atoms with van der Waals surface area (Å²) in [5, 5.41) is 9.95. The van der Waals surface area contributed by atoms with Crippen molar-refractivity contribution in [1.29, 1.82) is 0 Å². The average molecular weight is 384 g/mol. The van der Waals surface area contributed by atoms with Gasteiger partial charge in [-0.1, -0.05) is 30.4 Å². The van der Waals surface area contributed by atoms with Crippen molar-refractivity contribution < 1.29 is 17.9 Å². The van der Waals surface area contributed by atoms with E-state index in [0.717, 1.165) is 29.1 Å². The van der Waals surface area contributed by atoms with Crippen LogP contribution in [0, 0.1) is 0 Å². The fraction of sp³-hybridized carbons (Fsp3) is 0.400. The minimum Gasteiger partial charge on any atom is -0.497 e. The number of sulfonamides is 1. The molecule has 2 aromatic rings. The van der Waals surface area contributed by atoms with Crippen LogP contribution in [0.2, 0.25) is 0 Å².